The summed E-state index contributed by atoms with van der Waals surface area (Å²) >= 11 is 0. The van der Waals surface area contributed by atoms with E-state index in [-0.39, 0.29) is 5.95 Å². The molecule has 0 atom stereocenters. The molecule has 0 unspecified atom stereocenters. The molecular weight excluding hydrogens is 274 g/mol. The summed E-state index contributed by atoms with van der Waals surface area (Å²) in [6, 6.07) is 16.9. The van der Waals surface area contributed by atoms with Crippen LogP contribution >= 0.6 is 0 Å². The summed E-state index contributed by atoms with van der Waals surface area (Å²) in [6.07, 6.45) is 1.39. The van der Waals surface area contributed by atoms with Gasteiger partial charge < -0.3 is 11.1 Å². The van der Waals surface area contributed by atoms with E-state index in [1.54, 1.807) is 0 Å². The lowest BCUT2D eigenvalue weighted by atomic mass is 10.0. The first-order valence-corrected chi connectivity index (χ1v) is 7.05. The molecule has 0 saturated heterocycles. The maximum atomic E-state index is 5.52. The Balaban J connectivity index is 1.68. The van der Waals surface area contributed by atoms with E-state index < -0.39 is 0 Å². The zero-order chi connectivity index (χ0) is 15.4. The van der Waals surface area contributed by atoms with E-state index in [4.69, 9.17) is 5.73 Å². The van der Waals surface area contributed by atoms with Crippen LogP contribution in [0.5, 0.6) is 0 Å². The summed E-state index contributed by atoms with van der Waals surface area (Å²) in [6.45, 7) is 2.73. The Hall–Kier alpha value is -2.95. The van der Waals surface area contributed by atoms with Crippen molar-refractivity contribution >= 4 is 11.9 Å². The second-order valence-electron chi connectivity index (χ2n) is 5.08. The van der Waals surface area contributed by atoms with Crippen molar-refractivity contribution in [3.8, 4) is 11.1 Å². The molecule has 0 aliphatic heterocycles. The van der Waals surface area contributed by atoms with Crippen LogP contribution < -0.4 is 11.1 Å². The highest BCUT2D eigenvalue weighted by atomic mass is 15.2. The number of aromatic nitrogens is 3. The SMILES string of the molecule is Cc1ccc(-c2ccc(CNc3ncnc(N)n3)cc2)cc1. The van der Waals surface area contributed by atoms with Gasteiger partial charge in [-0.3, -0.25) is 0 Å². The van der Waals surface area contributed by atoms with Crippen molar-refractivity contribution in [1.29, 1.82) is 0 Å². The Morgan fingerprint density at radius 2 is 1.55 bits per heavy atom. The van der Waals surface area contributed by atoms with E-state index in [0.29, 0.717) is 12.5 Å². The maximum absolute atomic E-state index is 5.52. The lowest BCUT2D eigenvalue weighted by Crippen LogP contribution is -2.06. The molecule has 3 rings (SSSR count). The van der Waals surface area contributed by atoms with E-state index >= 15 is 0 Å². The first-order valence-electron chi connectivity index (χ1n) is 7.05. The third-order valence-electron chi connectivity index (χ3n) is 3.38. The van der Waals surface area contributed by atoms with Crippen LogP contribution in [-0.2, 0) is 6.54 Å². The molecule has 1 heterocycles. The van der Waals surface area contributed by atoms with Gasteiger partial charge in [0.25, 0.3) is 0 Å². The lowest BCUT2D eigenvalue weighted by molar-refractivity contribution is 1.01. The molecule has 1 aromatic heterocycles. The number of rotatable bonds is 4. The second-order valence-corrected chi connectivity index (χ2v) is 5.08. The first kappa shape index (κ1) is 14.0. The molecule has 0 saturated carbocycles. The average molecular weight is 291 g/mol. The van der Waals surface area contributed by atoms with E-state index in [1.165, 1.54) is 23.0 Å². The van der Waals surface area contributed by atoms with Crippen LogP contribution in [0.1, 0.15) is 11.1 Å². The van der Waals surface area contributed by atoms with E-state index in [0.717, 1.165) is 5.56 Å². The third kappa shape index (κ3) is 3.38. The number of nitrogens with zero attached hydrogens (tertiary/aromatic N) is 3. The molecule has 0 fully saturated rings. The molecule has 0 bridgehead atoms. The van der Waals surface area contributed by atoms with Gasteiger partial charge >= 0.3 is 0 Å². The normalized spacial score (nSPS) is 10.4. The Morgan fingerprint density at radius 1 is 0.909 bits per heavy atom. The van der Waals surface area contributed by atoms with Gasteiger partial charge in [0.2, 0.25) is 11.9 Å². The fourth-order valence-corrected chi connectivity index (χ4v) is 2.14. The largest absolute Gasteiger partial charge is 0.368 e. The van der Waals surface area contributed by atoms with Gasteiger partial charge in [0.1, 0.15) is 6.33 Å². The molecule has 22 heavy (non-hydrogen) atoms. The molecular formula is C17H17N5. The standard InChI is InChI=1S/C17H17N5/c1-12-2-6-14(7-3-12)15-8-4-13(5-9-15)10-19-17-21-11-20-16(18)22-17/h2-9,11H,10H2,1H3,(H3,18,19,20,21,22). The van der Waals surface area contributed by atoms with Gasteiger partial charge in [-0.25, -0.2) is 9.97 Å². The summed E-state index contributed by atoms with van der Waals surface area (Å²) in [5.74, 6) is 0.697. The highest BCUT2D eigenvalue weighted by Crippen LogP contribution is 2.20. The first-order chi connectivity index (χ1) is 10.7. The van der Waals surface area contributed by atoms with Crippen LogP contribution in [0.2, 0.25) is 0 Å². The number of anilines is 2. The molecule has 2 aromatic carbocycles. The number of nitrogens with one attached hydrogen (secondary N) is 1. The molecule has 5 heteroatoms. The van der Waals surface area contributed by atoms with Crippen molar-refractivity contribution in [3.63, 3.8) is 0 Å². The van der Waals surface area contributed by atoms with Gasteiger partial charge in [-0.15, -0.1) is 0 Å². The van der Waals surface area contributed by atoms with Crippen molar-refractivity contribution in [2.75, 3.05) is 11.1 Å². The molecule has 110 valence electrons. The maximum Gasteiger partial charge on any atom is 0.227 e. The second kappa shape index (κ2) is 6.22. The molecule has 5 nitrogen and oxygen atoms in total. The van der Waals surface area contributed by atoms with Gasteiger partial charge in [0, 0.05) is 6.54 Å². The number of aryl methyl sites for hydroxylation is 1. The third-order valence-corrected chi connectivity index (χ3v) is 3.38. The molecule has 0 radical (unpaired) electrons. The van der Waals surface area contributed by atoms with Crippen molar-refractivity contribution in [3.05, 3.63) is 66.0 Å². The lowest BCUT2D eigenvalue weighted by Gasteiger charge is -2.07. The summed E-state index contributed by atoms with van der Waals surface area (Å²) in [4.78, 5) is 11.8. The van der Waals surface area contributed by atoms with Gasteiger partial charge in [-0.2, -0.15) is 4.98 Å². The van der Waals surface area contributed by atoms with Crippen molar-refractivity contribution in [2.24, 2.45) is 0 Å². The summed E-state index contributed by atoms with van der Waals surface area (Å²) in [5, 5.41) is 3.13. The molecule has 3 aromatic rings. The summed E-state index contributed by atoms with van der Waals surface area (Å²) in [7, 11) is 0. The van der Waals surface area contributed by atoms with Crippen molar-refractivity contribution in [2.45, 2.75) is 13.5 Å². The Morgan fingerprint density at radius 3 is 2.18 bits per heavy atom. The monoisotopic (exact) mass is 291 g/mol. The van der Waals surface area contributed by atoms with E-state index in [9.17, 15) is 0 Å². The summed E-state index contributed by atoms with van der Waals surface area (Å²) in [5.41, 5.74) is 10.4. The van der Waals surface area contributed by atoms with E-state index in [2.05, 4.69) is 75.7 Å². The van der Waals surface area contributed by atoms with Crippen LogP contribution in [0.25, 0.3) is 11.1 Å². The van der Waals surface area contributed by atoms with Gasteiger partial charge in [-0.05, 0) is 23.6 Å². The zero-order valence-corrected chi connectivity index (χ0v) is 12.3. The Kier molecular flexibility index (Phi) is 3.96. The van der Waals surface area contributed by atoms with Crippen molar-refractivity contribution < 1.29 is 0 Å². The van der Waals surface area contributed by atoms with E-state index in [1.807, 2.05) is 0 Å². The predicted octanol–water partition coefficient (Wildman–Crippen LogP) is 3.04. The highest BCUT2D eigenvalue weighted by molar-refractivity contribution is 5.64. The topological polar surface area (TPSA) is 76.7 Å². The molecule has 3 N–H and O–H groups in total. The van der Waals surface area contributed by atoms with Gasteiger partial charge in [0.15, 0.2) is 0 Å². The molecule has 0 aliphatic rings. The fraction of sp³-hybridized carbons (Fsp3) is 0.118. The fourth-order valence-electron chi connectivity index (χ4n) is 2.14. The van der Waals surface area contributed by atoms with Crippen LogP contribution in [0, 0.1) is 6.92 Å². The quantitative estimate of drug-likeness (QED) is 0.772. The minimum absolute atomic E-state index is 0.215. The number of nitrogens with two attached hydrogens (primary N) is 1. The van der Waals surface area contributed by atoms with Crippen LogP contribution in [0.15, 0.2) is 54.9 Å². The Labute approximate surface area is 129 Å². The summed E-state index contributed by atoms with van der Waals surface area (Å²) < 4.78 is 0. The van der Waals surface area contributed by atoms with Crippen LogP contribution in [0.4, 0.5) is 11.9 Å². The molecule has 0 amide bonds. The average Bonchev–Trinajstić information content (AvgIpc) is 2.54. The molecule has 0 spiro atoms. The Bertz CT molecular complexity index is 751. The van der Waals surface area contributed by atoms with Crippen LogP contribution in [-0.4, -0.2) is 15.0 Å². The van der Waals surface area contributed by atoms with Gasteiger partial charge in [0.05, 0.1) is 0 Å². The zero-order valence-electron chi connectivity index (χ0n) is 12.3. The minimum atomic E-state index is 0.215. The number of hydrogen-bond acceptors (Lipinski definition) is 5. The number of nitrogen functional groups attached to an aromatic ring is 1. The molecule has 0 aliphatic carbocycles. The predicted molar refractivity (Wildman–Crippen MR) is 88.2 cm³/mol. The number of hydrogen-bond donors (Lipinski definition) is 2. The van der Waals surface area contributed by atoms with Crippen LogP contribution in [0.3, 0.4) is 0 Å². The van der Waals surface area contributed by atoms with Crippen molar-refractivity contribution in [1.82, 2.24) is 15.0 Å². The smallest absolute Gasteiger partial charge is 0.227 e. The number of benzene rings is 2. The minimum Gasteiger partial charge on any atom is -0.368 e. The highest BCUT2D eigenvalue weighted by Gasteiger charge is 2.00. The van der Waals surface area contributed by atoms with Gasteiger partial charge in [-0.1, -0.05) is 54.1 Å².